The standard InChI is InChI=1S/C8H6N4/c1-6-2-3-8-10-7(4-9)11-12(8)5-6/h2-3,5H,1H3. The van der Waals surface area contributed by atoms with Crippen molar-refractivity contribution in [1.29, 1.82) is 5.26 Å². The fourth-order valence-corrected chi connectivity index (χ4v) is 1.03. The van der Waals surface area contributed by atoms with Crippen molar-refractivity contribution in [2.45, 2.75) is 6.92 Å². The van der Waals surface area contributed by atoms with Crippen LogP contribution in [-0.4, -0.2) is 14.6 Å². The maximum absolute atomic E-state index is 8.52. The molecule has 2 aromatic heterocycles. The monoisotopic (exact) mass is 158 g/mol. The molecule has 0 saturated heterocycles. The van der Waals surface area contributed by atoms with Crippen LogP contribution in [0.3, 0.4) is 0 Å². The topological polar surface area (TPSA) is 54.0 Å². The van der Waals surface area contributed by atoms with Gasteiger partial charge < -0.3 is 0 Å². The van der Waals surface area contributed by atoms with E-state index in [-0.39, 0.29) is 5.82 Å². The van der Waals surface area contributed by atoms with E-state index in [1.807, 2.05) is 31.3 Å². The van der Waals surface area contributed by atoms with Crippen LogP contribution in [0, 0.1) is 18.3 Å². The summed E-state index contributed by atoms with van der Waals surface area (Å²) in [6.07, 6.45) is 1.84. The van der Waals surface area contributed by atoms with Crippen LogP contribution in [0.15, 0.2) is 18.3 Å². The summed E-state index contributed by atoms with van der Waals surface area (Å²) in [6.45, 7) is 1.97. The maximum Gasteiger partial charge on any atom is 0.253 e. The predicted molar refractivity (Wildman–Crippen MR) is 42.4 cm³/mol. The fraction of sp³-hybridized carbons (Fsp3) is 0.125. The van der Waals surface area contributed by atoms with E-state index in [2.05, 4.69) is 10.1 Å². The molecule has 0 radical (unpaired) electrons. The molecule has 2 heterocycles. The van der Waals surface area contributed by atoms with Gasteiger partial charge in [-0.3, -0.25) is 0 Å². The van der Waals surface area contributed by atoms with Gasteiger partial charge in [-0.05, 0) is 18.6 Å². The van der Waals surface area contributed by atoms with Crippen LogP contribution in [0.25, 0.3) is 5.65 Å². The zero-order valence-electron chi connectivity index (χ0n) is 6.52. The number of nitrogens with zero attached hydrogens (tertiary/aromatic N) is 4. The summed E-state index contributed by atoms with van der Waals surface area (Å²) < 4.78 is 1.61. The number of aryl methyl sites for hydroxylation is 1. The number of fused-ring (bicyclic) bond motifs is 1. The molecule has 0 spiro atoms. The van der Waals surface area contributed by atoms with Gasteiger partial charge in [0.05, 0.1) is 0 Å². The highest BCUT2D eigenvalue weighted by Gasteiger charge is 2.00. The lowest BCUT2D eigenvalue weighted by atomic mass is 10.3. The minimum absolute atomic E-state index is 0.209. The van der Waals surface area contributed by atoms with Crippen LogP contribution in [0.5, 0.6) is 0 Å². The minimum atomic E-state index is 0.209. The number of rotatable bonds is 0. The van der Waals surface area contributed by atoms with E-state index in [1.54, 1.807) is 4.52 Å². The number of hydrogen-bond donors (Lipinski definition) is 0. The average Bonchev–Trinajstić information content (AvgIpc) is 2.46. The van der Waals surface area contributed by atoms with Crippen molar-refractivity contribution >= 4 is 5.65 Å². The van der Waals surface area contributed by atoms with Crippen LogP contribution in [0.4, 0.5) is 0 Å². The molecule has 0 aliphatic heterocycles. The molecule has 0 N–H and O–H groups in total. The van der Waals surface area contributed by atoms with Gasteiger partial charge in [-0.25, -0.2) is 4.52 Å². The molecule has 0 saturated carbocycles. The highest BCUT2D eigenvalue weighted by Crippen LogP contribution is 2.02. The van der Waals surface area contributed by atoms with Crippen LogP contribution < -0.4 is 0 Å². The van der Waals surface area contributed by atoms with Crippen molar-refractivity contribution < 1.29 is 0 Å². The second-order valence-electron chi connectivity index (χ2n) is 2.56. The summed E-state index contributed by atoms with van der Waals surface area (Å²) in [7, 11) is 0. The Morgan fingerprint density at radius 1 is 1.50 bits per heavy atom. The van der Waals surface area contributed by atoms with Gasteiger partial charge in [0, 0.05) is 6.20 Å². The number of aromatic nitrogens is 3. The second-order valence-corrected chi connectivity index (χ2v) is 2.56. The smallest absolute Gasteiger partial charge is 0.220 e. The Morgan fingerprint density at radius 3 is 3.08 bits per heavy atom. The summed E-state index contributed by atoms with van der Waals surface area (Å²) in [5.41, 5.74) is 1.80. The summed E-state index contributed by atoms with van der Waals surface area (Å²) >= 11 is 0. The van der Waals surface area contributed by atoms with Crippen molar-refractivity contribution in [3.63, 3.8) is 0 Å². The molecule has 0 bridgehead atoms. The number of hydrogen-bond acceptors (Lipinski definition) is 3. The zero-order chi connectivity index (χ0) is 8.55. The summed E-state index contributed by atoms with van der Waals surface area (Å²) in [5, 5.41) is 12.5. The first kappa shape index (κ1) is 6.80. The molecule has 0 fully saturated rings. The number of pyridine rings is 1. The van der Waals surface area contributed by atoms with Crippen LogP contribution in [-0.2, 0) is 0 Å². The lowest BCUT2D eigenvalue weighted by Crippen LogP contribution is -1.87. The molecular formula is C8H6N4. The third kappa shape index (κ3) is 0.920. The Bertz CT molecular complexity index is 463. The summed E-state index contributed by atoms with van der Waals surface area (Å²) in [5.74, 6) is 0.209. The van der Waals surface area contributed by atoms with Crippen LogP contribution >= 0.6 is 0 Å². The van der Waals surface area contributed by atoms with Gasteiger partial charge in [0.1, 0.15) is 6.07 Å². The van der Waals surface area contributed by atoms with Crippen molar-refractivity contribution in [1.82, 2.24) is 14.6 Å². The zero-order valence-corrected chi connectivity index (χ0v) is 6.52. The third-order valence-electron chi connectivity index (χ3n) is 1.58. The summed E-state index contributed by atoms with van der Waals surface area (Å²) in [6, 6.07) is 5.66. The van der Waals surface area contributed by atoms with Crippen molar-refractivity contribution in [2.75, 3.05) is 0 Å². The van der Waals surface area contributed by atoms with Gasteiger partial charge in [-0.1, -0.05) is 6.07 Å². The Kier molecular flexibility index (Phi) is 1.31. The summed E-state index contributed by atoms with van der Waals surface area (Å²) in [4.78, 5) is 3.96. The minimum Gasteiger partial charge on any atom is -0.220 e. The molecule has 0 aromatic carbocycles. The highest BCUT2D eigenvalue weighted by atomic mass is 15.3. The first-order valence-corrected chi connectivity index (χ1v) is 3.53. The Hall–Kier alpha value is -1.89. The maximum atomic E-state index is 8.52. The SMILES string of the molecule is Cc1ccc2nc(C#N)nn2c1. The van der Waals surface area contributed by atoms with Crippen molar-refractivity contribution in [3.05, 3.63) is 29.7 Å². The molecule has 58 valence electrons. The van der Waals surface area contributed by atoms with E-state index in [0.29, 0.717) is 5.65 Å². The van der Waals surface area contributed by atoms with Gasteiger partial charge in [-0.15, -0.1) is 5.10 Å². The lowest BCUT2D eigenvalue weighted by Gasteiger charge is -1.91. The lowest BCUT2D eigenvalue weighted by molar-refractivity contribution is 0.940. The molecule has 12 heavy (non-hydrogen) atoms. The Morgan fingerprint density at radius 2 is 2.33 bits per heavy atom. The highest BCUT2D eigenvalue weighted by molar-refractivity contribution is 5.39. The Labute approximate surface area is 69.1 Å². The van der Waals surface area contributed by atoms with E-state index in [9.17, 15) is 0 Å². The Balaban J connectivity index is 2.77. The van der Waals surface area contributed by atoms with E-state index < -0.39 is 0 Å². The normalized spacial score (nSPS) is 10.0. The van der Waals surface area contributed by atoms with Gasteiger partial charge in [0.15, 0.2) is 5.65 Å². The van der Waals surface area contributed by atoms with Gasteiger partial charge in [0.2, 0.25) is 0 Å². The van der Waals surface area contributed by atoms with Crippen LogP contribution in [0.2, 0.25) is 0 Å². The molecule has 4 nitrogen and oxygen atoms in total. The van der Waals surface area contributed by atoms with Gasteiger partial charge >= 0.3 is 0 Å². The first-order chi connectivity index (χ1) is 5.79. The van der Waals surface area contributed by atoms with Crippen molar-refractivity contribution in [3.8, 4) is 6.07 Å². The molecule has 0 aliphatic rings. The largest absolute Gasteiger partial charge is 0.253 e. The molecule has 0 unspecified atom stereocenters. The van der Waals surface area contributed by atoms with Crippen molar-refractivity contribution in [2.24, 2.45) is 0 Å². The quantitative estimate of drug-likeness (QED) is 0.572. The second kappa shape index (κ2) is 2.31. The first-order valence-electron chi connectivity index (χ1n) is 3.53. The van der Waals surface area contributed by atoms with E-state index >= 15 is 0 Å². The van der Waals surface area contributed by atoms with Gasteiger partial charge in [-0.2, -0.15) is 10.2 Å². The van der Waals surface area contributed by atoms with E-state index in [1.165, 1.54) is 0 Å². The van der Waals surface area contributed by atoms with Crippen LogP contribution in [0.1, 0.15) is 11.4 Å². The predicted octanol–water partition coefficient (Wildman–Crippen LogP) is 0.909. The third-order valence-corrected chi connectivity index (χ3v) is 1.58. The molecule has 0 amide bonds. The average molecular weight is 158 g/mol. The molecule has 0 atom stereocenters. The molecular weight excluding hydrogens is 152 g/mol. The van der Waals surface area contributed by atoms with E-state index in [0.717, 1.165) is 5.56 Å². The van der Waals surface area contributed by atoms with Gasteiger partial charge in [0.25, 0.3) is 5.82 Å². The van der Waals surface area contributed by atoms with E-state index in [4.69, 9.17) is 5.26 Å². The molecule has 0 aliphatic carbocycles. The molecule has 4 heteroatoms. The number of nitriles is 1. The molecule has 2 rings (SSSR count). The fourth-order valence-electron chi connectivity index (χ4n) is 1.03. The molecule has 2 aromatic rings.